The molecule has 3 aromatic rings. The number of halogens is 3. The van der Waals surface area contributed by atoms with Crippen molar-refractivity contribution in [2.75, 3.05) is 7.11 Å². The topological polar surface area (TPSA) is 60.8 Å². The summed E-state index contributed by atoms with van der Waals surface area (Å²) in [6, 6.07) is 6.31. The van der Waals surface area contributed by atoms with Crippen molar-refractivity contribution in [3.05, 3.63) is 49.1 Å². The predicted molar refractivity (Wildman–Crippen MR) is 92.1 cm³/mol. The van der Waals surface area contributed by atoms with Gasteiger partial charge in [0.05, 0.1) is 7.11 Å². The summed E-state index contributed by atoms with van der Waals surface area (Å²) in [5, 5.41) is 0.595. The Labute approximate surface area is 155 Å². The molecule has 26 heavy (non-hydrogen) atoms. The second-order valence-corrected chi connectivity index (χ2v) is 6.99. The fourth-order valence-electron chi connectivity index (χ4n) is 1.96. The highest BCUT2D eigenvalue weighted by Gasteiger charge is 2.29. The van der Waals surface area contributed by atoms with Crippen molar-refractivity contribution in [2.45, 2.75) is 20.3 Å². The van der Waals surface area contributed by atoms with Crippen LogP contribution in [0.25, 0.3) is 11.3 Å². The van der Waals surface area contributed by atoms with Gasteiger partial charge >= 0.3 is 11.5 Å². The number of rotatable bonds is 5. The molecule has 0 aliphatic heterocycles. The Balaban J connectivity index is 1.82. The van der Waals surface area contributed by atoms with Crippen LogP contribution >= 0.6 is 23.5 Å². The van der Waals surface area contributed by atoms with Gasteiger partial charge in [0, 0.05) is 40.1 Å². The van der Waals surface area contributed by atoms with Crippen LogP contribution in [0.15, 0.2) is 63.9 Å². The third-order valence-electron chi connectivity index (χ3n) is 3.02. The van der Waals surface area contributed by atoms with Crippen LogP contribution in [0.5, 0.6) is 6.01 Å². The molecule has 0 amide bonds. The standard InChI is InChI=1S/C16H11F3N4OS2/c1-24-15-22-8-10(9-23-15)13-14(21-7-6-20-13)25-11-2-4-12(5-3-11)26-16(17,18)19/h2-9H,1H3. The van der Waals surface area contributed by atoms with E-state index in [1.807, 2.05) is 0 Å². The lowest BCUT2D eigenvalue weighted by Gasteiger charge is -2.08. The summed E-state index contributed by atoms with van der Waals surface area (Å²) >= 11 is 1.15. The van der Waals surface area contributed by atoms with Crippen molar-refractivity contribution in [1.82, 2.24) is 19.9 Å². The van der Waals surface area contributed by atoms with Gasteiger partial charge in [-0.25, -0.2) is 15.0 Å². The monoisotopic (exact) mass is 396 g/mol. The molecule has 2 heterocycles. The number of methoxy groups -OCH3 is 1. The number of thioether (sulfide) groups is 1. The average Bonchev–Trinajstić information content (AvgIpc) is 2.63. The van der Waals surface area contributed by atoms with Crippen molar-refractivity contribution >= 4 is 23.5 Å². The fraction of sp³-hybridized carbons (Fsp3) is 0.125. The first-order valence-electron chi connectivity index (χ1n) is 7.16. The van der Waals surface area contributed by atoms with Crippen LogP contribution in [0.3, 0.4) is 0 Å². The molecular formula is C16H11F3N4OS2. The molecule has 0 saturated heterocycles. The average molecular weight is 396 g/mol. The van der Waals surface area contributed by atoms with Crippen LogP contribution in [-0.4, -0.2) is 32.6 Å². The zero-order chi connectivity index (χ0) is 18.6. The summed E-state index contributed by atoms with van der Waals surface area (Å²) in [7, 11) is 1.47. The van der Waals surface area contributed by atoms with E-state index in [1.165, 1.54) is 31.0 Å². The van der Waals surface area contributed by atoms with Gasteiger partial charge in [-0.1, -0.05) is 11.8 Å². The molecule has 0 radical (unpaired) electrons. The third-order valence-corrected chi connectivity index (χ3v) is 4.76. The van der Waals surface area contributed by atoms with Crippen LogP contribution < -0.4 is 4.74 Å². The van der Waals surface area contributed by atoms with E-state index in [9.17, 15) is 13.2 Å². The van der Waals surface area contributed by atoms with Crippen LogP contribution in [-0.2, 0) is 0 Å². The zero-order valence-corrected chi connectivity index (χ0v) is 14.9. The number of benzene rings is 1. The Morgan fingerprint density at radius 2 is 1.50 bits per heavy atom. The van der Waals surface area contributed by atoms with Gasteiger partial charge in [0.15, 0.2) is 0 Å². The highest BCUT2D eigenvalue weighted by atomic mass is 32.2. The quantitative estimate of drug-likeness (QED) is 0.579. The summed E-state index contributed by atoms with van der Waals surface area (Å²) in [5.74, 6) is 0. The van der Waals surface area contributed by atoms with Crippen LogP contribution in [0.4, 0.5) is 13.2 Å². The van der Waals surface area contributed by atoms with Crippen molar-refractivity contribution in [3.63, 3.8) is 0 Å². The first-order valence-corrected chi connectivity index (χ1v) is 8.79. The molecule has 1 aromatic carbocycles. The Hall–Kier alpha value is -2.33. The molecule has 0 aliphatic rings. The Morgan fingerprint density at radius 1 is 0.885 bits per heavy atom. The lowest BCUT2D eigenvalue weighted by molar-refractivity contribution is -0.0328. The first-order chi connectivity index (χ1) is 12.4. The van der Waals surface area contributed by atoms with Gasteiger partial charge in [-0.2, -0.15) is 13.2 Å². The van der Waals surface area contributed by atoms with E-state index in [4.69, 9.17) is 4.74 Å². The zero-order valence-electron chi connectivity index (χ0n) is 13.3. The fourth-order valence-corrected chi connectivity index (χ4v) is 3.38. The molecule has 5 nitrogen and oxygen atoms in total. The van der Waals surface area contributed by atoms with Crippen molar-refractivity contribution < 1.29 is 17.9 Å². The second kappa shape index (κ2) is 7.92. The second-order valence-electron chi connectivity index (χ2n) is 4.79. The van der Waals surface area contributed by atoms with Gasteiger partial charge in [0.2, 0.25) is 0 Å². The molecule has 3 rings (SSSR count). The van der Waals surface area contributed by atoms with E-state index in [0.29, 0.717) is 16.3 Å². The highest BCUT2D eigenvalue weighted by molar-refractivity contribution is 8.00. The van der Waals surface area contributed by atoms with E-state index in [0.717, 1.165) is 4.90 Å². The van der Waals surface area contributed by atoms with Gasteiger partial charge < -0.3 is 4.74 Å². The van der Waals surface area contributed by atoms with Gasteiger partial charge in [-0.3, -0.25) is 4.98 Å². The van der Waals surface area contributed by atoms with Crippen LogP contribution in [0.1, 0.15) is 0 Å². The van der Waals surface area contributed by atoms with Crippen molar-refractivity contribution in [1.29, 1.82) is 0 Å². The van der Waals surface area contributed by atoms with E-state index in [1.54, 1.807) is 36.9 Å². The number of ether oxygens (including phenoxy) is 1. The summed E-state index contributed by atoms with van der Waals surface area (Å²) in [5.41, 5.74) is -3.07. The number of aromatic nitrogens is 4. The maximum Gasteiger partial charge on any atom is 0.446 e. The smallest absolute Gasteiger partial charge is 0.446 e. The lowest BCUT2D eigenvalue weighted by Crippen LogP contribution is -1.98. The van der Waals surface area contributed by atoms with E-state index < -0.39 is 5.51 Å². The molecule has 0 aliphatic carbocycles. The summed E-state index contributed by atoms with van der Waals surface area (Å²) in [6.45, 7) is 0. The molecule has 0 unspecified atom stereocenters. The highest BCUT2D eigenvalue weighted by Crippen LogP contribution is 2.38. The summed E-state index contributed by atoms with van der Waals surface area (Å²) < 4.78 is 42.1. The van der Waals surface area contributed by atoms with Crippen LogP contribution in [0.2, 0.25) is 0 Å². The summed E-state index contributed by atoms with van der Waals surface area (Å²) in [4.78, 5) is 17.6. The van der Waals surface area contributed by atoms with E-state index in [-0.39, 0.29) is 22.7 Å². The number of hydrogen-bond acceptors (Lipinski definition) is 7. The molecule has 0 saturated carbocycles. The minimum Gasteiger partial charge on any atom is -0.467 e. The summed E-state index contributed by atoms with van der Waals surface area (Å²) in [6.07, 6.45) is 6.24. The molecule has 134 valence electrons. The Morgan fingerprint density at radius 3 is 2.12 bits per heavy atom. The Kier molecular flexibility index (Phi) is 5.62. The maximum atomic E-state index is 12.4. The Bertz CT molecular complexity index is 874. The molecule has 0 fully saturated rings. The van der Waals surface area contributed by atoms with E-state index in [2.05, 4.69) is 19.9 Å². The first kappa shape index (κ1) is 18.5. The van der Waals surface area contributed by atoms with Crippen LogP contribution in [0, 0.1) is 0 Å². The largest absolute Gasteiger partial charge is 0.467 e. The molecule has 0 N–H and O–H groups in total. The van der Waals surface area contributed by atoms with Crippen molar-refractivity contribution in [2.24, 2.45) is 0 Å². The SMILES string of the molecule is COc1ncc(-c2nccnc2Sc2ccc(SC(F)(F)F)cc2)cn1. The van der Waals surface area contributed by atoms with Gasteiger partial charge in [-0.05, 0) is 36.0 Å². The molecule has 2 aromatic heterocycles. The maximum absolute atomic E-state index is 12.4. The minimum atomic E-state index is -4.30. The minimum absolute atomic E-state index is 0.129. The molecule has 0 atom stereocenters. The van der Waals surface area contributed by atoms with E-state index >= 15 is 0 Å². The molecular weight excluding hydrogens is 385 g/mol. The number of hydrogen-bond donors (Lipinski definition) is 0. The predicted octanol–water partition coefficient (Wildman–Crippen LogP) is 4.71. The third kappa shape index (κ3) is 4.85. The number of alkyl halides is 3. The van der Waals surface area contributed by atoms with Gasteiger partial charge in [0.25, 0.3) is 0 Å². The molecule has 0 bridgehead atoms. The van der Waals surface area contributed by atoms with Gasteiger partial charge in [0.1, 0.15) is 10.7 Å². The molecule has 10 heteroatoms. The van der Waals surface area contributed by atoms with Gasteiger partial charge in [-0.15, -0.1) is 0 Å². The normalized spacial score (nSPS) is 11.4. The lowest BCUT2D eigenvalue weighted by atomic mass is 10.2. The molecule has 0 spiro atoms. The number of nitrogens with zero attached hydrogens (tertiary/aromatic N) is 4. The van der Waals surface area contributed by atoms with Crippen molar-refractivity contribution in [3.8, 4) is 17.3 Å².